The Labute approximate surface area is 309 Å². The van der Waals surface area contributed by atoms with E-state index in [0.717, 1.165) is 70.6 Å². The first-order chi connectivity index (χ1) is 24.7. The molecule has 3 N–H and O–H groups in total. The number of allylic oxidation sites excluding steroid dienone is 8. The van der Waals surface area contributed by atoms with Crippen LogP contribution in [0.2, 0.25) is 0 Å². The second-order valence-electron chi connectivity index (χ2n) is 12.9. The van der Waals surface area contributed by atoms with Crippen LogP contribution >= 0.6 is 7.82 Å². The lowest BCUT2D eigenvalue weighted by molar-refractivity contribution is -0.161. The van der Waals surface area contributed by atoms with Crippen LogP contribution in [0.15, 0.2) is 48.6 Å². The van der Waals surface area contributed by atoms with Gasteiger partial charge in [-0.25, -0.2) is 4.57 Å². The molecular weight excluding hydrogens is 671 g/mol. The van der Waals surface area contributed by atoms with Gasteiger partial charge in [0.1, 0.15) is 12.7 Å². The molecule has 11 heteroatoms. The topological polar surface area (TPSA) is 149 Å². The van der Waals surface area contributed by atoms with Crippen molar-refractivity contribution in [3.05, 3.63) is 48.6 Å². The molecule has 0 aliphatic carbocycles. The van der Waals surface area contributed by atoms with Crippen molar-refractivity contribution in [2.24, 2.45) is 0 Å². The number of aliphatic hydroxyl groups excluding tert-OH is 2. The first-order valence-corrected chi connectivity index (χ1v) is 21.1. The summed E-state index contributed by atoms with van der Waals surface area (Å²) in [6, 6.07) is 0. The number of ether oxygens (including phenoxy) is 2. The van der Waals surface area contributed by atoms with Crippen molar-refractivity contribution in [3.8, 4) is 0 Å². The van der Waals surface area contributed by atoms with Crippen LogP contribution in [0.3, 0.4) is 0 Å². The highest BCUT2D eigenvalue weighted by atomic mass is 31.2. The maximum absolute atomic E-state index is 12.5. The summed E-state index contributed by atoms with van der Waals surface area (Å²) in [6.45, 7) is 2.26. The Hall–Kier alpha value is -2.07. The number of hydrogen-bond acceptors (Lipinski definition) is 9. The fourth-order valence-electron chi connectivity index (χ4n) is 4.87. The summed E-state index contributed by atoms with van der Waals surface area (Å²) in [5.74, 6) is -0.984. The zero-order valence-corrected chi connectivity index (χ0v) is 32.7. The van der Waals surface area contributed by atoms with E-state index in [1.54, 1.807) is 0 Å². The first kappa shape index (κ1) is 48.9. The molecule has 0 saturated heterocycles. The van der Waals surface area contributed by atoms with E-state index in [4.69, 9.17) is 19.1 Å². The molecule has 1 unspecified atom stereocenters. The maximum Gasteiger partial charge on any atom is 0.472 e. The number of rotatable bonds is 36. The van der Waals surface area contributed by atoms with Gasteiger partial charge in [0.25, 0.3) is 0 Å². The van der Waals surface area contributed by atoms with Crippen LogP contribution < -0.4 is 0 Å². The number of esters is 2. The number of phosphoric ester groups is 1. The van der Waals surface area contributed by atoms with Crippen LogP contribution in [-0.2, 0) is 32.7 Å². The minimum Gasteiger partial charge on any atom is -0.462 e. The summed E-state index contributed by atoms with van der Waals surface area (Å²) in [5.41, 5.74) is 0. The van der Waals surface area contributed by atoms with Gasteiger partial charge in [0.2, 0.25) is 0 Å². The molecule has 0 saturated carbocycles. The molecule has 51 heavy (non-hydrogen) atoms. The van der Waals surface area contributed by atoms with Gasteiger partial charge in [0.05, 0.1) is 19.8 Å². The number of unbranched alkanes of at least 4 members (excludes halogenated alkanes) is 14. The highest BCUT2D eigenvalue weighted by Crippen LogP contribution is 2.43. The zero-order chi connectivity index (χ0) is 37.7. The van der Waals surface area contributed by atoms with Gasteiger partial charge in [-0.2, -0.15) is 0 Å². The molecular formula is C40H71O10P. The van der Waals surface area contributed by atoms with Gasteiger partial charge in [-0.1, -0.05) is 114 Å². The van der Waals surface area contributed by atoms with E-state index in [1.807, 2.05) is 0 Å². The molecule has 0 aliphatic heterocycles. The van der Waals surface area contributed by atoms with Gasteiger partial charge >= 0.3 is 19.8 Å². The highest BCUT2D eigenvalue weighted by Gasteiger charge is 2.27. The summed E-state index contributed by atoms with van der Waals surface area (Å²) >= 11 is 0. The van der Waals surface area contributed by atoms with Crippen molar-refractivity contribution in [2.45, 2.75) is 167 Å². The monoisotopic (exact) mass is 742 g/mol. The predicted octanol–water partition coefficient (Wildman–Crippen LogP) is 9.77. The minimum atomic E-state index is -4.62. The molecule has 10 nitrogen and oxygen atoms in total. The van der Waals surface area contributed by atoms with E-state index in [2.05, 4.69) is 67.0 Å². The Morgan fingerprint density at radius 3 is 1.63 bits per heavy atom. The van der Waals surface area contributed by atoms with Gasteiger partial charge in [0.15, 0.2) is 6.10 Å². The molecule has 0 amide bonds. The van der Waals surface area contributed by atoms with Gasteiger partial charge < -0.3 is 24.6 Å². The molecule has 3 atom stereocenters. The summed E-state index contributed by atoms with van der Waals surface area (Å²) < 4.78 is 32.5. The largest absolute Gasteiger partial charge is 0.472 e. The van der Waals surface area contributed by atoms with Crippen LogP contribution in [0, 0.1) is 0 Å². The van der Waals surface area contributed by atoms with Crippen molar-refractivity contribution >= 4 is 19.8 Å². The van der Waals surface area contributed by atoms with Crippen LogP contribution in [0.5, 0.6) is 0 Å². The van der Waals surface area contributed by atoms with E-state index in [1.165, 1.54) is 44.9 Å². The van der Waals surface area contributed by atoms with Crippen molar-refractivity contribution in [2.75, 3.05) is 26.4 Å². The summed E-state index contributed by atoms with van der Waals surface area (Å²) in [7, 11) is -4.62. The van der Waals surface area contributed by atoms with Crippen LogP contribution in [0.25, 0.3) is 0 Å². The SMILES string of the molecule is CCCCC/C=C\C/C=C\C/C=C\CCCCC(=O)O[C@H](COC(=O)CCCCCCC/C=C\CCCCCC)COP(=O)(O)OC[C@@H](O)CO. The Morgan fingerprint density at radius 1 is 0.588 bits per heavy atom. The zero-order valence-electron chi connectivity index (χ0n) is 31.8. The maximum atomic E-state index is 12.5. The van der Waals surface area contributed by atoms with Crippen molar-refractivity contribution in [1.82, 2.24) is 0 Å². The third-order valence-corrected chi connectivity index (χ3v) is 8.91. The summed E-state index contributed by atoms with van der Waals surface area (Å²) in [5, 5.41) is 18.3. The fraction of sp³-hybridized carbons (Fsp3) is 0.750. The lowest BCUT2D eigenvalue weighted by Crippen LogP contribution is -2.29. The Morgan fingerprint density at radius 2 is 1.02 bits per heavy atom. The van der Waals surface area contributed by atoms with E-state index < -0.39 is 51.8 Å². The summed E-state index contributed by atoms with van der Waals surface area (Å²) in [6.07, 6.45) is 36.5. The predicted molar refractivity (Wildman–Crippen MR) is 205 cm³/mol. The molecule has 0 rings (SSSR count). The van der Waals surface area contributed by atoms with E-state index in [-0.39, 0.29) is 19.4 Å². The number of carbonyl (C=O) groups excluding carboxylic acids is 2. The van der Waals surface area contributed by atoms with Crippen molar-refractivity contribution < 1.29 is 47.8 Å². The van der Waals surface area contributed by atoms with Gasteiger partial charge in [-0.05, 0) is 77.0 Å². The molecule has 296 valence electrons. The normalized spacial score (nSPS) is 14.5. The fourth-order valence-corrected chi connectivity index (χ4v) is 5.66. The van der Waals surface area contributed by atoms with Gasteiger partial charge in [-0.15, -0.1) is 0 Å². The van der Waals surface area contributed by atoms with Crippen LogP contribution in [0.1, 0.15) is 155 Å². The lowest BCUT2D eigenvalue weighted by Gasteiger charge is -2.20. The number of phosphoric acid groups is 1. The van der Waals surface area contributed by atoms with Gasteiger partial charge in [0, 0.05) is 12.8 Å². The second kappa shape index (κ2) is 36.3. The molecule has 0 bridgehead atoms. The van der Waals surface area contributed by atoms with E-state index in [0.29, 0.717) is 12.8 Å². The van der Waals surface area contributed by atoms with Crippen molar-refractivity contribution in [3.63, 3.8) is 0 Å². The number of aliphatic hydroxyl groups is 2. The molecule has 0 aromatic heterocycles. The Kier molecular flexibility index (Phi) is 34.8. The van der Waals surface area contributed by atoms with Crippen LogP contribution in [0.4, 0.5) is 0 Å². The molecule has 0 heterocycles. The molecule has 0 fully saturated rings. The lowest BCUT2D eigenvalue weighted by atomic mass is 10.1. The third kappa shape index (κ3) is 36.1. The van der Waals surface area contributed by atoms with E-state index in [9.17, 15) is 24.2 Å². The minimum absolute atomic E-state index is 0.132. The van der Waals surface area contributed by atoms with E-state index >= 15 is 0 Å². The molecule has 0 radical (unpaired) electrons. The molecule has 0 aromatic carbocycles. The molecule has 0 spiro atoms. The second-order valence-corrected chi connectivity index (χ2v) is 14.4. The molecule has 0 aromatic rings. The average molecular weight is 743 g/mol. The standard InChI is InChI=1S/C40H71O10P/c1-3-5-7-9-11-13-15-17-18-20-22-24-26-28-30-32-40(44)50-38(36-49-51(45,46)48-34-37(42)33-41)35-47-39(43)31-29-27-25-23-21-19-16-14-12-10-8-6-4-2/h11,13-14,16-18,22,24,37-38,41-42H,3-10,12,15,19-21,23,25-36H2,1-2H3,(H,45,46)/b13-11-,16-14-,18-17-,24-22-/t37-,38+/m0/s1. The Bertz CT molecular complexity index is 994. The summed E-state index contributed by atoms with van der Waals surface area (Å²) in [4.78, 5) is 34.8. The average Bonchev–Trinajstić information content (AvgIpc) is 3.12. The quantitative estimate of drug-likeness (QED) is 0.0245. The smallest absolute Gasteiger partial charge is 0.462 e. The third-order valence-electron chi connectivity index (χ3n) is 7.96. The molecule has 0 aliphatic rings. The van der Waals surface area contributed by atoms with Crippen LogP contribution in [-0.4, -0.2) is 65.7 Å². The van der Waals surface area contributed by atoms with Gasteiger partial charge in [-0.3, -0.25) is 18.6 Å². The first-order valence-electron chi connectivity index (χ1n) is 19.6. The van der Waals surface area contributed by atoms with Crippen molar-refractivity contribution in [1.29, 1.82) is 0 Å². The highest BCUT2D eigenvalue weighted by molar-refractivity contribution is 7.47. The number of hydrogen-bond donors (Lipinski definition) is 3. The Balaban J connectivity index is 4.46. The number of carbonyl (C=O) groups is 2.